The number of carbonyl (C=O) groups is 2. The molecule has 0 aliphatic heterocycles. The van der Waals surface area contributed by atoms with Gasteiger partial charge in [0.05, 0.1) is 23.5 Å². The summed E-state index contributed by atoms with van der Waals surface area (Å²) in [6.45, 7) is 5.56. The first-order chi connectivity index (χ1) is 14.5. The normalized spacial score (nSPS) is 10.9. The summed E-state index contributed by atoms with van der Waals surface area (Å²) in [4.78, 5) is 29.5. The van der Waals surface area contributed by atoms with Gasteiger partial charge in [-0.15, -0.1) is 0 Å². The minimum atomic E-state index is -0.423. The van der Waals surface area contributed by atoms with Crippen LogP contribution in [-0.2, 0) is 11.2 Å². The molecular formula is C22H22N6O2. The Morgan fingerprint density at radius 3 is 2.43 bits per heavy atom. The number of amides is 2. The number of imidazole rings is 1. The number of hydrogen-bond donors (Lipinski definition) is 2. The number of rotatable bonds is 4. The van der Waals surface area contributed by atoms with Crippen molar-refractivity contribution < 1.29 is 9.59 Å². The number of carbonyl (C=O) groups excluding carboxylic acids is 2. The van der Waals surface area contributed by atoms with E-state index in [1.165, 1.54) is 0 Å². The van der Waals surface area contributed by atoms with Crippen LogP contribution in [0.2, 0.25) is 0 Å². The van der Waals surface area contributed by atoms with Crippen molar-refractivity contribution in [3.8, 4) is 5.69 Å². The Morgan fingerprint density at radius 2 is 1.67 bits per heavy atom. The zero-order valence-corrected chi connectivity index (χ0v) is 17.0. The van der Waals surface area contributed by atoms with Crippen molar-refractivity contribution in [2.75, 3.05) is 0 Å². The summed E-state index contributed by atoms with van der Waals surface area (Å²) in [5.74, 6) is -0.749. The molecule has 8 heteroatoms. The number of nitrogens with zero attached hydrogens (tertiary/aromatic N) is 4. The molecule has 0 spiro atoms. The number of fused-ring (bicyclic) bond motifs is 1. The summed E-state index contributed by atoms with van der Waals surface area (Å²) in [6.07, 6.45) is 1.87. The molecule has 0 unspecified atom stereocenters. The highest BCUT2D eigenvalue weighted by Gasteiger charge is 2.19. The van der Waals surface area contributed by atoms with Gasteiger partial charge in [0.15, 0.2) is 0 Å². The lowest BCUT2D eigenvalue weighted by molar-refractivity contribution is -0.121. The van der Waals surface area contributed by atoms with E-state index in [9.17, 15) is 9.59 Å². The Labute approximate surface area is 173 Å². The van der Waals surface area contributed by atoms with Gasteiger partial charge in [-0.3, -0.25) is 24.8 Å². The van der Waals surface area contributed by atoms with E-state index in [-0.39, 0.29) is 12.3 Å². The predicted molar refractivity (Wildman–Crippen MR) is 112 cm³/mol. The Kier molecular flexibility index (Phi) is 5.05. The average Bonchev–Trinajstić information content (AvgIpc) is 3.23. The van der Waals surface area contributed by atoms with Crippen LogP contribution in [0.4, 0.5) is 0 Å². The van der Waals surface area contributed by atoms with Crippen molar-refractivity contribution in [2.45, 2.75) is 27.2 Å². The number of hydrogen-bond acceptors (Lipinski definition) is 4. The molecule has 1 aromatic carbocycles. The van der Waals surface area contributed by atoms with Crippen molar-refractivity contribution >= 4 is 17.5 Å². The minimum Gasteiger partial charge on any atom is -0.295 e. The maximum atomic E-state index is 12.6. The molecule has 4 rings (SSSR count). The fraction of sp³-hybridized carbons (Fsp3) is 0.182. The van der Waals surface area contributed by atoms with E-state index in [0.29, 0.717) is 17.0 Å². The Hall–Kier alpha value is -3.94. The van der Waals surface area contributed by atoms with E-state index >= 15 is 0 Å². The number of benzene rings is 1. The molecule has 0 saturated carbocycles. The van der Waals surface area contributed by atoms with Gasteiger partial charge in [-0.2, -0.15) is 5.10 Å². The van der Waals surface area contributed by atoms with Gasteiger partial charge in [-0.05, 0) is 45.0 Å². The Morgan fingerprint density at radius 1 is 0.933 bits per heavy atom. The van der Waals surface area contributed by atoms with Crippen LogP contribution in [0, 0.1) is 20.8 Å². The second kappa shape index (κ2) is 7.82. The SMILES string of the molecule is Cc1nn(-c2ccccc2)c(C)c1CC(=O)NNC(=O)c1c(C)nc2ccccn12. The van der Waals surface area contributed by atoms with Crippen LogP contribution in [-0.4, -0.2) is 31.0 Å². The van der Waals surface area contributed by atoms with Crippen molar-refractivity contribution in [3.63, 3.8) is 0 Å². The van der Waals surface area contributed by atoms with Gasteiger partial charge >= 0.3 is 0 Å². The summed E-state index contributed by atoms with van der Waals surface area (Å²) in [5.41, 5.74) is 10.1. The third-order valence-electron chi connectivity index (χ3n) is 5.01. The lowest BCUT2D eigenvalue weighted by Gasteiger charge is -2.09. The van der Waals surface area contributed by atoms with Gasteiger partial charge in [0, 0.05) is 17.5 Å². The molecule has 30 heavy (non-hydrogen) atoms. The number of para-hydroxylation sites is 1. The maximum Gasteiger partial charge on any atom is 0.288 e. The van der Waals surface area contributed by atoms with Gasteiger partial charge in [0.1, 0.15) is 11.3 Å². The topological polar surface area (TPSA) is 93.3 Å². The molecule has 4 aromatic rings. The summed E-state index contributed by atoms with van der Waals surface area (Å²) in [7, 11) is 0. The number of hydrazine groups is 1. The first-order valence-electron chi connectivity index (χ1n) is 9.59. The van der Waals surface area contributed by atoms with E-state index in [1.54, 1.807) is 17.5 Å². The number of nitrogens with one attached hydrogen (secondary N) is 2. The van der Waals surface area contributed by atoms with Crippen molar-refractivity contribution in [2.24, 2.45) is 0 Å². The highest BCUT2D eigenvalue weighted by atomic mass is 16.2. The van der Waals surface area contributed by atoms with E-state index in [2.05, 4.69) is 20.9 Å². The van der Waals surface area contributed by atoms with E-state index in [0.717, 1.165) is 22.6 Å². The number of pyridine rings is 1. The monoisotopic (exact) mass is 402 g/mol. The van der Waals surface area contributed by atoms with Crippen LogP contribution < -0.4 is 10.9 Å². The summed E-state index contributed by atoms with van der Waals surface area (Å²) < 4.78 is 3.51. The third-order valence-corrected chi connectivity index (χ3v) is 5.01. The van der Waals surface area contributed by atoms with Crippen LogP contribution in [0.1, 0.15) is 33.1 Å². The molecule has 2 N–H and O–H groups in total. The summed E-state index contributed by atoms with van der Waals surface area (Å²) >= 11 is 0. The lowest BCUT2D eigenvalue weighted by Crippen LogP contribution is -2.43. The molecule has 3 heterocycles. The molecule has 0 aliphatic rings. The van der Waals surface area contributed by atoms with Gasteiger partial charge in [0.25, 0.3) is 5.91 Å². The molecule has 2 amide bonds. The Balaban J connectivity index is 1.46. The van der Waals surface area contributed by atoms with Crippen molar-refractivity contribution in [1.29, 1.82) is 0 Å². The molecule has 3 aromatic heterocycles. The van der Waals surface area contributed by atoms with Crippen LogP contribution >= 0.6 is 0 Å². The molecule has 0 bridgehead atoms. The highest BCUT2D eigenvalue weighted by Crippen LogP contribution is 2.18. The first kappa shape index (κ1) is 19.4. The van der Waals surface area contributed by atoms with Crippen LogP contribution in [0.25, 0.3) is 11.3 Å². The van der Waals surface area contributed by atoms with Crippen LogP contribution in [0.15, 0.2) is 54.7 Å². The first-order valence-corrected chi connectivity index (χ1v) is 9.59. The fourth-order valence-electron chi connectivity index (χ4n) is 3.53. The molecule has 8 nitrogen and oxygen atoms in total. The highest BCUT2D eigenvalue weighted by molar-refractivity contribution is 5.96. The summed E-state index contributed by atoms with van der Waals surface area (Å²) in [5, 5.41) is 4.55. The number of aromatic nitrogens is 4. The third kappa shape index (κ3) is 3.55. The summed E-state index contributed by atoms with van der Waals surface area (Å²) in [6, 6.07) is 15.2. The van der Waals surface area contributed by atoms with Gasteiger partial charge < -0.3 is 0 Å². The zero-order chi connectivity index (χ0) is 21.3. The van der Waals surface area contributed by atoms with E-state index in [1.807, 2.05) is 67.1 Å². The maximum absolute atomic E-state index is 12.6. The smallest absolute Gasteiger partial charge is 0.288 e. The largest absolute Gasteiger partial charge is 0.295 e. The van der Waals surface area contributed by atoms with Gasteiger partial charge in [-0.25, -0.2) is 9.67 Å². The molecule has 0 atom stereocenters. The second-order valence-corrected chi connectivity index (χ2v) is 7.05. The van der Waals surface area contributed by atoms with Crippen molar-refractivity contribution in [1.82, 2.24) is 30.0 Å². The van der Waals surface area contributed by atoms with Gasteiger partial charge in [-0.1, -0.05) is 24.3 Å². The predicted octanol–water partition coefficient (Wildman–Crippen LogP) is 2.45. The lowest BCUT2D eigenvalue weighted by atomic mass is 10.1. The molecular weight excluding hydrogens is 380 g/mol. The number of aryl methyl sites for hydroxylation is 2. The molecule has 0 radical (unpaired) electrons. The minimum absolute atomic E-state index is 0.108. The molecule has 152 valence electrons. The second-order valence-electron chi connectivity index (χ2n) is 7.05. The average molecular weight is 402 g/mol. The molecule has 0 fully saturated rings. The quantitative estimate of drug-likeness (QED) is 0.513. The van der Waals surface area contributed by atoms with E-state index in [4.69, 9.17) is 0 Å². The molecule has 0 saturated heterocycles. The Bertz CT molecular complexity index is 1240. The van der Waals surface area contributed by atoms with Crippen LogP contribution in [0.3, 0.4) is 0 Å². The van der Waals surface area contributed by atoms with Crippen molar-refractivity contribution in [3.05, 3.63) is 83.1 Å². The fourth-order valence-corrected chi connectivity index (χ4v) is 3.53. The van der Waals surface area contributed by atoms with E-state index < -0.39 is 5.91 Å². The molecule has 0 aliphatic carbocycles. The zero-order valence-electron chi connectivity index (χ0n) is 17.0. The van der Waals surface area contributed by atoms with Crippen LogP contribution in [0.5, 0.6) is 0 Å². The van der Waals surface area contributed by atoms with Gasteiger partial charge in [0.2, 0.25) is 5.91 Å². The standard InChI is InChI=1S/C22H22N6O2/c1-14-18(16(3)28(26-14)17-9-5-4-6-10-17)13-20(29)24-25-22(30)21-15(2)23-19-11-7-8-12-27(19)21/h4-12H,13H2,1-3H3,(H,24,29)(H,25,30).